The number of aliphatic hydroxyl groups is 1. The van der Waals surface area contributed by atoms with Crippen molar-refractivity contribution in [2.45, 2.75) is 45.1 Å². The molecule has 4 nitrogen and oxygen atoms in total. The molecule has 1 aromatic carbocycles. The van der Waals surface area contributed by atoms with E-state index in [-0.39, 0.29) is 18.7 Å². The van der Waals surface area contributed by atoms with E-state index < -0.39 is 0 Å². The van der Waals surface area contributed by atoms with Crippen molar-refractivity contribution in [3.63, 3.8) is 0 Å². The van der Waals surface area contributed by atoms with E-state index in [4.69, 9.17) is 9.84 Å². The second-order valence-corrected chi connectivity index (χ2v) is 5.62. The molecule has 116 valence electrons. The largest absolute Gasteiger partial charge is 0.458 e. The molecule has 0 aliphatic heterocycles. The Kier molecular flexibility index (Phi) is 6.05. The van der Waals surface area contributed by atoms with E-state index in [1.807, 2.05) is 12.1 Å². The van der Waals surface area contributed by atoms with Gasteiger partial charge in [0.15, 0.2) is 0 Å². The number of benzene rings is 1. The number of hydrogen-bond donors (Lipinski definition) is 2. The van der Waals surface area contributed by atoms with E-state index in [1.165, 1.54) is 12.8 Å². The number of ether oxygens (including phenoxy) is 1. The molecule has 1 aliphatic rings. The first-order valence-electron chi connectivity index (χ1n) is 7.90. The molecule has 1 aliphatic carbocycles. The molecule has 1 fully saturated rings. The van der Waals surface area contributed by atoms with Gasteiger partial charge in [-0.3, -0.25) is 0 Å². The Labute approximate surface area is 126 Å². The van der Waals surface area contributed by atoms with E-state index in [9.17, 15) is 4.79 Å². The van der Waals surface area contributed by atoms with E-state index in [1.54, 1.807) is 12.1 Å². The summed E-state index contributed by atoms with van der Waals surface area (Å²) in [5.41, 5.74) is 1.48. The number of carbonyl (C=O) groups is 1. The highest BCUT2D eigenvalue weighted by Crippen LogP contribution is 2.29. The van der Waals surface area contributed by atoms with Crippen molar-refractivity contribution < 1.29 is 14.6 Å². The van der Waals surface area contributed by atoms with Crippen molar-refractivity contribution in [3.05, 3.63) is 29.8 Å². The van der Waals surface area contributed by atoms with Gasteiger partial charge < -0.3 is 15.2 Å². The highest BCUT2D eigenvalue weighted by molar-refractivity contribution is 5.89. The minimum atomic E-state index is -0.228. The van der Waals surface area contributed by atoms with Gasteiger partial charge in [-0.25, -0.2) is 4.79 Å². The van der Waals surface area contributed by atoms with Crippen LogP contribution in [0.5, 0.6) is 0 Å². The first-order chi connectivity index (χ1) is 10.2. The van der Waals surface area contributed by atoms with Crippen molar-refractivity contribution >= 4 is 11.7 Å². The highest BCUT2D eigenvalue weighted by Gasteiger charge is 2.27. The smallest absolute Gasteiger partial charge is 0.338 e. The minimum absolute atomic E-state index is 0.0726. The van der Waals surface area contributed by atoms with Gasteiger partial charge in [-0.15, -0.1) is 0 Å². The lowest BCUT2D eigenvalue weighted by molar-refractivity contribution is 0.000712. The van der Waals surface area contributed by atoms with Gasteiger partial charge in [0.2, 0.25) is 0 Å². The van der Waals surface area contributed by atoms with Crippen LogP contribution in [0, 0.1) is 5.92 Å². The van der Waals surface area contributed by atoms with Crippen LogP contribution in [0.4, 0.5) is 5.69 Å². The number of esters is 1. The number of carbonyl (C=O) groups excluding carboxylic acids is 1. The van der Waals surface area contributed by atoms with E-state index in [0.717, 1.165) is 24.9 Å². The Balaban J connectivity index is 1.93. The van der Waals surface area contributed by atoms with E-state index in [2.05, 4.69) is 12.2 Å². The van der Waals surface area contributed by atoms with Crippen molar-refractivity contribution in [2.24, 2.45) is 5.92 Å². The molecule has 4 heteroatoms. The molecule has 2 atom stereocenters. The molecule has 1 aromatic rings. The van der Waals surface area contributed by atoms with Crippen LogP contribution >= 0.6 is 0 Å². The quantitative estimate of drug-likeness (QED) is 0.790. The van der Waals surface area contributed by atoms with Crippen LogP contribution in [0.2, 0.25) is 0 Å². The third kappa shape index (κ3) is 4.46. The third-order valence-corrected chi connectivity index (χ3v) is 4.18. The predicted molar refractivity (Wildman–Crippen MR) is 83.5 cm³/mol. The summed E-state index contributed by atoms with van der Waals surface area (Å²) >= 11 is 0. The molecule has 0 amide bonds. The maximum Gasteiger partial charge on any atom is 0.338 e. The number of nitrogens with one attached hydrogen (secondary N) is 1. The standard InChI is InChI=1S/C17H25NO3/c1-2-13-5-3-4-6-16(13)21-17(20)14-7-9-15(10-8-14)18-11-12-19/h7-10,13,16,18-19H,2-6,11-12H2,1H3. The van der Waals surface area contributed by atoms with Crippen LogP contribution < -0.4 is 5.32 Å². The van der Waals surface area contributed by atoms with Crippen molar-refractivity contribution in [3.8, 4) is 0 Å². The van der Waals surface area contributed by atoms with Crippen LogP contribution in [-0.4, -0.2) is 30.3 Å². The lowest BCUT2D eigenvalue weighted by Gasteiger charge is -2.30. The molecule has 2 rings (SSSR count). The van der Waals surface area contributed by atoms with Gasteiger partial charge in [-0.05, 0) is 55.9 Å². The first-order valence-corrected chi connectivity index (χ1v) is 7.90. The van der Waals surface area contributed by atoms with Crippen molar-refractivity contribution in [1.29, 1.82) is 0 Å². The molecule has 0 radical (unpaired) electrons. The SMILES string of the molecule is CCC1CCCCC1OC(=O)c1ccc(NCCO)cc1. The summed E-state index contributed by atoms with van der Waals surface area (Å²) in [6.07, 6.45) is 5.69. The maximum absolute atomic E-state index is 12.2. The maximum atomic E-state index is 12.2. The second-order valence-electron chi connectivity index (χ2n) is 5.62. The Hall–Kier alpha value is -1.55. The van der Waals surface area contributed by atoms with Gasteiger partial charge in [0.25, 0.3) is 0 Å². The molecule has 0 spiro atoms. The summed E-state index contributed by atoms with van der Waals surface area (Å²) in [5.74, 6) is 0.280. The Bertz CT molecular complexity index is 444. The zero-order chi connectivity index (χ0) is 15.1. The van der Waals surface area contributed by atoms with Gasteiger partial charge >= 0.3 is 5.97 Å². The first kappa shape index (κ1) is 15.8. The Morgan fingerprint density at radius 2 is 2.00 bits per heavy atom. The number of aliphatic hydroxyl groups excluding tert-OH is 1. The van der Waals surface area contributed by atoms with E-state index in [0.29, 0.717) is 18.0 Å². The molecule has 2 unspecified atom stereocenters. The van der Waals surface area contributed by atoms with Gasteiger partial charge in [0.1, 0.15) is 6.10 Å². The third-order valence-electron chi connectivity index (χ3n) is 4.18. The molecule has 0 heterocycles. The van der Waals surface area contributed by atoms with Crippen LogP contribution in [-0.2, 0) is 4.74 Å². The predicted octanol–water partition coefficient (Wildman–Crippen LogP) is 3.22. The zero-order valence-electron chi connectivity index (χ0n) is 12.7. The number of rotatable bonds is 6. The monoisotopic (exact) mass is 291 g/mol. The topological polar surface area (TPSA) is 58.6 Å². The number of hydrogen-bond acceptors (Lipinski definition) is 4. The van der Waals surface area contributed by atoms with Gasteiger partial charge in [0.05, 0.1) is 12.2 Å². The van der Waals surface area contributed by atoms with Crippen molar-refractivity contribution in [1.82, 2.24) is 0 Å². The summed E-state index contributed by atoms with van der Waals surface area (Å²) in [6.45, 7) is 2.76. The van der Waals surface area contributed by atoms with Gasteiger partial charge in [0, 0.05) is 12.2 Å². The van der Waals surface area contributed by atoms with Crippen LogP contribution in [0.15, 0.2) is 24.3 Å². The minimum Gasteiger partial charge on any atom is -0.458 e. The fourth-order valence-corrected chi connectivity index (χ4v) is 2.93. The van der Waals surface area contributed by atoms with Crippen molar-refractivity contribution in [2.75, 3.05) is 18.5 Å². The molecule has 21 heavy (non-hydrogen) atoms. The summed E-state index contributed by atoms with van der Waals surface area (Å²) in [7, 11) is 0. The molecule has 0 bridgehead atoms. The fourth-order valence-electron chi connectivity index (χ4n) is 2.93. The van der Waals surface area contributed by atoms with Crippen LogP contribution in [0.25, 0.3) is 0 Å². The van der Waals surface area contributed by atoms with Gasteiger partial charge in [-0.2, -0.15) is 0 Å². The highest BCUT2D eigenvalue weighted by atomic mass is 16.5. The summed E-state index contributed by atoms with van der Waals surface area (Å²) in [6, 6.07) is 7.21. The van der Waals surface area contributed by atoms with Gasteiger partial charge in [-0.1, -0.05) is 13.3 Å². The summed E-state index contributed by atoms with van der Waals surface area (Å²) < 4.78 is 5.70. The summed E-state index contributed by atoms with van der Waals surface area (Å²) in [5, 5.41) is 11.8. The number of anilines is 1. The Morgan fingerprint density at radius 1 is 1.29 bits per heavy atom. The molecular formula is C17H25NO3. The van der Waals surface area contributed by atoms with E-state index >= 15 is 0 Å². The lowest BCUT2D eigenvalue weighted by atomic mass is 9.85. The van der Waals surface area contributed by atoms with Crippen LogP contribution in [0.3, 0.4) is 0 Å². The molecule has 2 N–H and O–H groups in total. The van der Waals surface area contributed by atoms with Crippen LogP contribution in [0.1, 0.15) is 49.4 Å². The molecule has 0 saturated heterocycles. The Morgan fingerprint density at radius 3 is 2.67 bits per heavy atom. The average Bonchev–Trinajstić information content (AvgIpc) is 2.54. The summed E-state index contributed by atoms with van der Waals surface area (Å²) in [4.78, 5) is 12.2. The lowest BCUT2D eigenvalue weighted by Crippen LogP contribution is -2.29. The zero-order valence-corrected chi connectivity index (χ0v) is 12.7. The molecule has 0 aromatic heterocycles. The molecule has 1 saturated carbocycles. The second kappa shape index (κ2) is 8.03. The normalized spacial score (nSPS) is 21.8. The fraction of sp³-hybridized carbons (Fsp3) is 0.588. The average molecular weight is 291 g/mol. The molecular weight excluding hydrogens is 266 g/mol.